The maximum Gasteiger partial charge on any atom is 0.227 e. The van der Waals surface area contributed by atoms with Crippen molar-refractivity contribution in [3.05, 3.63) is 66.0 Å². The first-order valence-corrected chi connectivity index (χ1v) is 8.35. The van der Waals surface area contributed by atoms with E-state index in [0.29, 0.717) is 5.56 Å². The summed E-state index contributed by atoms with van der Waals surface area (Å²) in [5, 5.41) is 19.8. The molecular weight excluding hydrogens is 314 g/mol. The Morgan fingerprint density at radius 2 is 2.00 bits per heavy atom. The number of nitrogens with one attached hydrogen (secondary N) is 1. The molecule has 2 N–H and O–H groups in total. The minimum absolute atomic E-state index is 0.112. The number of rotatable bonds is 5. The lowest BCUT2D eigenvalue weighted by Gasteiger charge is -2.23. The van der Waals surface area contributed by atoms with Gasteiger partial charge in [0.2, 0.25) is 5.91 Å². The molecule has 0 saturated carbocycles. The van der Waals surface area contributed by atoms with E-state index in [1.807, 2.05) is 43.3 Å². The first-order chi connectivity index (χ1) is 11.9. The second-order valence-corrected chi connectivity index (χ2v) is 6.72. The minimum atomic E-state index is -1.16. The summed E-state index contributed by atoms with van der Waals surface area (Å²) >= 11 is 0. The van der Waals surface area contributed by atoms with Crippen LogP contribution < -0.4 is 5.32 Å². The number of aromatic nitrogens is 2. The minimum Gasteiger partial charge on any atom is -0.383 e. The zero-order chi connectivity index (χ0) is 18.0. The van der Waals surface area contributed by atoms with Gasteiger partial charge < -0.3 is 10.4 Å². The Kier molecular flexibility index (Phi) is 4.59. The van der Waals surface area contributed by atoms with Gasteiger partial charge in [-0.25, -0.2) is 0 Å². The van der Waals surface area contributed by atoms with Gasteiger partial charge in [-0.3, -0.25) is 9.48 Å². The van der Waals surface area contributed by atoms with E-state index in [2.05, 4.69) is 16.5 Å². The molecule has 2 aromatic carbocycles. The molecule has 1 heterocycles. The van der Waals surface area contributed by atoms with Gasteiger partial charge in [0.15, 0.2) is 0 Å². The molecule has 2 unspecified atom stereocenters. The van der Waals surface area contributed by atoms with Crippen LogP contribution in [0.1, 0.15) is 30.9 Å². The molecule has 3 aromatic rings. The molecule has 0 aliphatic carbocycles. The molecule has 3 rings (SSSR count). The number of fused-ring (bicyclic) bond motifs is 1. The predicted octanol–water partition coefficient (Wildman–Crippen LogP) is 2.70. The molecule has 0 aliphatic rings. The fourth-order valence-electron chi connectivity index (χ4n) is 2.84. The van der Waals surface area contributed by atoms with E-state index in [1.54, 1.807) is 31.0 Å². The third kappa shape index (κ3) is 3.72. The second kappa shape index (κ2) is 6.69. The zero-order valence-corrected chi connectivity index (χ0v) is 14.7. The number of benzene rings is 2. The highest BCUT2D eigenvalue weighted by Gasteiger charge is 2.26. The van der Waals surface area contributed by atoms with Crippen LogP contribution in [-0.4, -0.2) is 27.3 Å². The Labute approximate surface area is 147 Å². The summed E-state index contributed by atoms with van der Waals surface area (Å²) in [5.74, 6) is -0.409. The number of aliphatic hydroxyl groups is 1. The summed E-state index contributed by atoms with van der Waals surface area (Å²) in [6.07, 6.45) is 3.36. The monoisotopic (exact) mass is 337 g/mol. The second-order valence-electron chi connectivity index (χ2n) is 6.72. The molecule has 0 saturated heterocycles. The molecule has 2 atom stereocenters. The average molecular weight is 337 g/mol. The molecule has 0 spiro atoms. The first-order valence-electron chi connectivity index (χ1n) is 8.35. The Morgan fingerprint density at radius 1 is 1.28 bits per heavy atom. The lowest BCUT2D eigenvalue weighted by atomic mass is 9.96. The van der Waals surface area contributed by atoms with Crippen LogP contribution in [0.4, 0.5) is 0 Å². The summed E-state index contributed by atoms with van der Waals surface area (Å²) < 4.78 is 1.63. The maximum atomic E-state index is 12.5. The maximum absolute atomic E-state index is 12.5. The molecule has 5 nitrogen and oxygen atoms in total. The molecule has 1 amide bonds. The fourth-order valence-corrected chi connectivity index (χ4v) is 2.84. The molecular formula is C20H23N3O2. The molecule has 0 fully saturated rings. The summed E-state index contributed by atoms with van der Waals surface area (Å²) in [7, 11) is 1.79. The molecule has 0 bridgehead atoms. The molecule has 1 aromatic heterocycles. The zero-order valence-electron chi connectivity index (χ0n) is 14.7. The summed E-state index contributed by atoms with van der Waals surface area (Å²) in [5.41, 5.74) is 0.471. The summed E-state index contributed by atoms with van der Waals surface area (Å²) in [6, 6.07) is 14.1. The number of amides is 1. The standard InChI is InChI=1S/C20H23N3O2/c1-14(16-9-8-15-6-4-5-7-17(15)10-16)19(24)21-13-20(2,25)18-11-22-23(3)12-18/h4-12,14,25H,13H2,1-3H3,(H,21,24). The van der Waals surface area contributed by atoms with Crippen molar-refractivity contribution in [3.63, 3.8) is 0 Å². The van der Waals surface area contributed by atoms with Gasteiger partial charge >= 0.3 is 0 Å². The predicted molar refractivity (Wildman–Crippen MR) is 98.2 cm³/mol. The third-order valence-electron chi connectivity index (χ3n) is 4.60. The summed E-state index contributed by atoms with van der Waals surface area (Å²) in [6.45, 7) is 3.68. The lowest BCUT2D eigenvalue weighted by molar-refractivity contribution is -0.123. The highest BCUT2D eigenvalue weighted by molar-refractivity contribution is 5.87. The van der Waals surface area contributed by atoms with Crippen molar-refractivity contribution in [2.75, 3.05) is 6.54 Å². The first kappa shape index (κ1) is 17.2. The van der Waals surface area contributed by atoms with Crippen LogP contribution in [0.15, 0.2) is 54.9 Å². The summed E-state index contributed by atoms with van der Waals surface area (Å²) in [4.78, 5) is 12.5. The largest absolute Gasteiger partial charge is 0.383 e. The van der Waals surface area contributed by atoms with E-state index < -0.39 is 5.60 Å². The van der Waals surface area contributed by atoms with E-state index >= 15 is 0 Å². The molecule has 0 radical (unpaired) electrons. The van der Waals surface area contributed by atoms with Gasteiger partial charge in [-0.1, -0.05) is 42.5 Å². The van der Waals surface area contributed by atoms with Gasteiger partial charge in [-0.05, 0) is 30.2 Å². The molecule has 5 heteroatoms. The smallest absolute Gasteiger partial charge is 0.227 e. The van der Waals surface area contributed by atoms with Crippen molar-refractivity contribution in [2.45, 2.75) is 25.4 Å². The molecule has 25 heavy (non-hydrogen) atoms. The van der Waals surface area contributed by atoms with E-state index in [9.17, 15) is 9.90 Å². The SMILES string of the molecule is CC(C(=O)NCC(C)(O)c1cnn(C)c1)c1ccc2ccccc2c1. The van der Waals surface area contributed by atoms with Crippen LogP contribution in [0.3, 0.4) is 0 Å². The van der Waals surface area contributed by atoms with Crippen molar-refractivity contribution < 1.29 is 9.90 Å². The van der Waals surface area contributed by atoms with Gasteiger partial charge in [0.05, 0.1) is 18.7 Å². The average Bonchev–Trinajstić information content (AvgIpc) is 3.06. The van der Waals surface area contributed by atoms with Crippen molar-refractivity contribution in [2.24, 2.45) is 7.05 Å². The van der Waals surface area contributed by atoms with Crippen molar-refractivity contribution in [3.8, 4) is 0 Å². The highest BCUT2D eigenvalue weighted by atomic mass is 16.3. The van der Waals surface area contributed by atoms with E-state index in [-0.39, 0.29) is 18.4 Å². The highest BCUT2D eigenvalue weighted by Crippen LogP contribution is 2.23. The van der Waals surface area contributed by atoms with Gasteiger partial charge in [0, 0.05) is 18.8 Å². The Bertz CT molecular complexity index is 899. The van der Waals surface area contributed by atoms with E-state index in [4.69, 9.17) is 0 Å². The fraction of sp³-hybridized carbons (Fsp3) is 0.300. The Morgan fingerprint density at radius 3 is 2.68 bits per heavy atom. The van der Waals surface area contributed by atoms with Crippen LogP contribution >= 0.6 is 0 Å². The number of aryl methyl sites for hydroxylation is 1. The van der Waals surface area contributed by atoms with Gasteiger partial charge in [0.1, 0.15) is 5.60 Å². The normalized spacial score (nSPS) is 14.9. The van der Waals surface area contributed by atoms with Crippen LogP contribution in [0, 0.1) is 0 Å². The number of hydrogen-bond acceptors (Lipinski definition) is 3. The van der Waals surface area contributed by atoms with Crippen LogP contribution in [0.2, 0.25) is 0 Å². The molecule has 0 aliphatic heterocycles. The van der Waals surface area contributed by atoms with Crippen LogP contribution in [0.5, 0.6) is 0 Å². The molecule has 130 valence electrons. The van der Waals surface area contributed by atoms with Crippen molar-refractivity contribution in [1.29, 1.82) is 0 Å². The van der Waals surface area contributed by atoms with Gasteiger partial charge in [-0.15, -0.1) is 0 Å². The van der Waals surface area contributed by atoms with Crippen LogP contribution in [0.25, 0.3) is 10.8 Å². The van der Waals surface area contributed by atoms with Gasteiger partial charge in [0.25, 0.3) is 0 Å². The third-order valence-corrected chi connectivity index (χ3v) is 4.60. The number of hydrogen-bond donors (Lipinski definition) is 2. The Hall–Kier alpha value is -2.66. The van der Waals surface area contributed by atoms with E-state index in [1.165, 1.54) is 0 Å². The van der Waals surface area contributed by atoms with E-state index in [0.717, 1.165) is 16.3 Å². The van der Waals surface area contributed by atoms with Gasteiger partial charge in [-0.2, -0.15) is 5.10 Å². The van der Waals surface area contributed by atoms with Crippen LogP contribution in [-0.2, 0) is 17.4 Å². The quantitative estimate of drug-likeness (QED) is 0.752. The Balaban J connectivity index is 1.69. The number of carbonyl (C=O) groups excluding carboxylic acids is 1. The number of nitrogens with zero attached hydrogens (tertiary/aromatic N) is 2. The topological polar surface area (TPSA) is 67.2 Å². The van der Waals surface area contributed by atoms with Crippen molar-refractivity contribution >= 4 is 16.7 Å². The number of carbonyl (C=O) groups is 1. The van der Waals surface area contributed by atoms with Crippen molar-refractivity contribution in [1.82, 2.24) is 15.1 Å². The lowest BCUT2D eigenvalue weighted by Crippen LogP contribution is -2.40.